The van der Waals surface area contributed by atoms with Crippen molar-refractivity contribution in [3.63, 3.8) is 0 Å². The Morgan fingerprint density at radius 1 is 0.442 bits per heavy atom. The van der Waals surface area contributed by atoms with E-state index in [4.69, 9.17) is 4.42 Å². The fraction of sp³-hybridized carbons (Fsp3) is 0. The zero-order chi connectivity index (χ0) is 28.3. The van der Waals surface area contributed by atoms with Crippen molar-refractivity contribution in [3.05, 3.63) is 152 Å². The molecule has 0 spiro atoms. The van der Waals surface area contributed by atoms with Gasteiger partial charge in [0.2, 0.25) is 0 Å². The zero-order valence-electron chi connectivity index (χ0n) is 23.3. The van der Waals surface area contributed by atoms with Crippen LogP contribution < -0.4 is 0 Å². The van der Waals surface area contributed by atoms with Gasteiger partial charge in [0.25, 0.3) is 0 Å². The Bertz CT molecular complexity index is 2450. The first-order chi connectivity index (χ1) is 21.3. The quantitative estimate of drug-likeness (QED) is 0.206. The van der Waals surface area contributed by atoms with E-state index in [1.807, 2.05) is 30.5 Å². The van der Waals surface area contributed by atoms with Gasteiger partial charge in [-0.2, -0.15) is 0 Å². The van der Waals surface area contributed by atoms with Gasteiger partial charge in [-0.25, -0.2) is 0 Å². The van der Waals surface area contributed by atoms with E-state index in [2.05, 4.69) is 126 Å². The molecule has 2 aromatic heterocycles. The summed E-state index contributed by atoms with van der Waals surface area (Å²) in [6, 6.07) is 51.9. The molecule has 0 bridgehead atoms. The number of nitrogens with zero attached hydrogens (tertiary/aromatic N) is 1. The van der Waals surface area contributed by atoms with Gasteiger partial charge in [0.15, 0.2) is 0 Å². The van der Waals surface area contributed by atoms with Crippen molar-refractivity contribution in [1.29, 1.82) is 0 Å². The average molecular weight is 548 g/mol. The topological polar surface area (TPSA) is 26.0 Å². The van der Waals surface area contributed by atoms with Gasteiger partial charge >= 0.3 is 0 Å². The number of furan rings is 1. The van der Waals surface area contributed by atoms with Gasteiger partial charge in [0.05, 0.1) is 5.69 Å². The van der Waals surface area contributed by atoms with Crippen LogP contribution in [0.1, 0.15) is 0 Å². The highest BCUT2D eigenvalue weighted by Gasteiger charge is 2.22. The fourth-order valence-electron chi connectivity index (χ4n) is 6.83. The smallest absolute Gasteiger partial charge is 0.145 e. The minimum absolute atomic E-state index is 0.865. The number of aromatic nitrogens is 1. The van der Waals surface area contributed by atoms with E-state index in [9.17, 15) is 0 Å². The number of fused-ring (bicyclic) bond motifs is 6. The van der Waals surface area contributed by atoms with Crippen molar-refractivity contribution in [3.8, 4) is 33.5 Å². The summed E-state index contributed by atoms with van der Waals surface area (Å²) in [7, 11) is 0. The Kier molecular flexibility index (Phi) is 5.23. The average Bonchev–Trinajstić information content (AvgIpc) is 3.47. The monoisotopic (exact) mass is 547 g/mol. The molecule has 2 nitrogen and oxygen atoms in total. The van der Waals surface area contributed by atoms with Crippen LogP contribution in [0.3, 0.4) is 0 Å². The summed E-state index contributed by atoms with van der Waals surface area (Å²) < 4.78 is 6.62. The molecule has 0 unspecified atom stereocenters. The van der Waals surface area contributed by atoms with Crippen LogP contribution in [-0.2, 0) is 0 Å². The second-order valence-corrected chi connectivity index (χ2v) is 11.1. The third-order valence-electron chi connectivity index (χ3n) is 8.71. The van der Waals surface area contributed by atoms with E-state index in [-0.39, 0.29) is 0 Å². The van der Waals surface area contributed by atoms with Crippen molar-refractivity contribution in [2.45, 2.75) is 0 Å². The lowest BCUT2D eigenvalue weighted by atomic mass is 9.84. The van der Waals surface area contributed by atoms with E-state index in [1.54, 1.807) is 0 Å². The Balaban J connectivity index is 1.43. The van der Waals surface area contributed by atoms with Crippen LogP contribution >= 0.6 is 0 Å². The maximum absolute atomic E-state index is 6.62. The maximum atomic E-state index is 6.62. The Labute approximate surface area is 248 Å². The molecule has 0 saturated heterocycles. The minimum atomic E-state index is 0.865. The molecular weight excluding hydrogens is 522 g/mol. The number of benzene rings is 7. The van der Waals surface area contributed by atoms with Crippen LogP contribution in [-0.4, -0.2) is 4.98 Å². The Morgan fingerprint density at radius 3 is 1.77 bits per heavy atom. The van der Waals surface area contributed by atoms with E-state index in [0.29, 0.717) is 0 Å². The summed E-state index contributed by atoms with van der Waals surface area (Å²) in [4.78, 5) is 4.68. The van der Waals surface area contributed by atoms with Gasteiger partial charge in [-0.05, 0) is 84.9 Å². The van der Waals surface area contributed by atoms with Gasteiger partial charge in [-0.3, -0.25) is 4.98 Å². The molecule has 0 aliphatic carbocycles. The van der Waals surface area contributed by atoms with Gasteiger partial charge in [0, 0.05) is 22.5 Å². The first-order valence-electron chi connectivity index (χ1n) is 14.6. The predicted molar refractivity (Wildman–Crippen MR) is 180 cm³/mol. The molecule has 2 heteroatoms. The van der Waals surface area contributed by atoms with Crippen LogP contribution in [0.2, 0.25) is 0 Å². The summed E-state index contributed by atoms with van der Waals surface area (Å²) in [5, 5.41) is 9.64. The predicted octanol–water partition coefficient (Wildman–Crippen LogP) is 11.4. The maximum Gasteiger partial charge on any atom is 0.145 e. The molecule has 9 aromatic rings. The molecule has 9 rings (SSSR count). The van der Waals surface area contributed by atoms with Crippen LogP contribution in [0.5, 0.6) is 0 Å². The van der Waals surface area contributed by atoms with E-state index in [0.717, 1.165) is 38.8 Å². The zero-order valence-corrected chi connectivity index (χ0v) is 23.3. The third kappa shape index (κ3) is 3.63. The van der Waals surface area contributed by atoms with Crippen LogP contribution in [0.15, 0.2) is 156 Å². The molecule has 0 saturated carbocycles. The molecule has 0 radical (unpaired) electrons. The molecule has 0 aliphatic rings. The fourth-order valence-corrected chi connectivity index (χ4v) is 6.83. The number of hydrogen-bond acceptors (Lipinski definition) is 2. The number of para-hydroxylation sites is 1. The summed E-state index contributed by atoms with van der Waals surface area (Å²) in [6.45, 7) is 0. The first kappa shape index (κ1) is 23.9. The second-order valence-electron chi connectivity index (χ2n) is 11.1. The van der Waals surface area contributed by atoms with Crippen LogP contribution in [0.25, 0.3) is 87.8 Å². The Hall–Kier alpha value is -5.73. The minimum Gasteiger partial charge on any atom is -0.455 e. The van der Waals surface area contributed by atoms with Crippen LogP contribution in [0.4, 0.5) is 0 Å². The SMILES string of the molecule is c1ccc(-c2ccc(-c3c4ccccc4c(-c4ccc5ccccc5c4)c4ccccc34)c3c2oc2ccccc23)nc1. The summed E-state index contributed by atoms with van der Waals surface area (Å²) >= 11 is 0. The van der Waals surface area contributed by atoms with E-state index < -0.39 is 0 Å². The molecule has 0 atom stereocenters. The summed E-state index contributed by atoms with van der Waals surface area (Å²) in [5.41, 5.74) is 8.52. The molecule has 200 valence electrons. The van der Waals surface area contributed by atoms with Crippen molar-refractivity contribution in [2.24, 2.45) is 0 Å². The standard InChI is InChI=1S/C41H25NO/c1-2-12-27-25-28(21-20-26(27)11-1)38-29-13-3-5-15-31(29)39(32-16-6-4-14-30(32)38)35-23-22-33(36-18-9-10-24-42-36)41-40(35)34-17-7-8-19-37(34)43-41/h1-25H. The number of pyridine rings is 1. The lowest BCUT2D eigenvalue weighted by Gasteiger charge is -2.19. The van der Waals surface area contributed by atoms with Crippen molar-refractivity contribution in [2.75, 3.05) is 0 Å². The largest absolute Gasteiger partial charge is 0.455 e. The van der Waals surface area contributed by atoms with Gasteiger partial charge < -0.3 is 4.42 Å². The molecule has 0 N–H and O–H groups in total. The molecule has 43 heavy (non-hydrogen) atoms. The van der Waals surface area contributed by atoms with Gasteiger partial charge in [-0.15, -0.1) is 0 Å². The molecule has 7 aromatic carbocycles. The lowest BCUT2D eigenvalue weighted by Crippen LogP contribution is -1.92. The van der Waals surface area contributed by atoms with E-state index in [1.165, 1.54) is 49.0 Å². The third-order valence-corrected chi connectivity index (χ3v) is 8.71. The molecule has 0 aliphatic heterocycles. The number of hydrogen-bond donors (Lipinski definition) is 0. The first-order valence-corrected chi connectivity index (χ1v) is 14.6. The van der Waals surface area contributed by atoms with Crippen molar-refractivity contribution in [1.82, 2.24) is 4.98 Å². The highest BCUT2D eigenvalue weighted by Crippen LogP contribution is 2.48. The van der Waals surface area contributed by atoms with Crippen molar-refractivity contribution < 1.29 is 4.42 Å². The Morgan fingerprint density at radius 2 is 1.05 bits per heavy atom. The number of rotatable bonds is 3. The summed E-state index contributed by atoms with van der Waals surface area (Å²) in [5.74, 6) is 0. The van der Waals surface area contributed by atoms with E-state index >= 15 is 0 Å². The van der Waals surface area contributed by atoms with Gasteiger partial charge in [0.1, 0.15) is 11.2 Å². The highest BCUT2D eigenvalue weighted by atomic mass is 16.3. The normalized spacial score (nSPS) is 11.7. The molecule has 0 amide bonds. The van der Waals surface area contributed by atoms with Gasteiger partial charge in [-0.1, -0.05) is 115 Å². The highest BCUT2D eigenvalue weighted by molar-refractivity contribution is 6.26. The summed E-state index contributed by atoms with van der Waals surface area (Å²) in [6.07, 6.45) is 1.84. The molecule has 0 fully saturated rings. The molecule has 2 heterocycles. The van der Waals surface area contributed by atoms with Crippen LogP contribution in [0, 0.1) is 0 Å². The second kappa shape index (κ2) is 9.40. The lowest BCUT2D eigenvalue weighted by molar-refractivity contribution is 0.670. The van der Waals surface area contributed by atoms with Crippen molar-refractivity contribution >= 4 is 54.3 Å². The molecular formula is C41H25NO.